The van der Waals surface area contributed by atoms with Crippen LogP contribution >= 0.6 is 11.6 Å². The largest absolute Gasteiger partial charge is 0.419 e. The van der Waals surface area contributed by atoms with Crippen LogP contribution in [-0.4, -0.2) is 16.1 Å². The molecule has 1 heterocycles. The van der Waals surface area contributed by atoms with Crippen molar-refractivity contribution in [2.75, 3.05) is 5.32 Å². The molecular weight excluding hydrogens is 328 g/mol. The van der Waals surface area contributed by atoms with Crippen molar-refractivity contribution in [3.05, 3.63) is 64.5 Å². The van der Waals surface area contributed by atoms with E-state index in [-0.39, 0.29) is 6.54 Å². The monoisotopic (exact) mass is 342 g/mol. The standard InChI is InChI=1S/C17H15ClN4O2/c1-10-4-2-3-5-12(10)17-22-21-15(24-17)9-20-14-8-11(18)6-7-13(14)16(19)23/h2-8,20H,9H2,1H3,(H2,19,23). The molecule has 6 nitrogen and oxygen atoms in total. The molecule has 2 aromatic carbocycles. The Labute approximate surface area is 143 Å². The molecule has 0 aliphatic heterocycles. The van der Waals surface area contributed by atoms with Crippen LogP contribution in [0.5, 0.6) is 0 Å². The van der Waals surface area contributed by atoms with E-state index in [0.29, 0.717) is 28.1 Å². The van der Waals surface area contributed by atoms with Gasteiger partial charge in [-0.05, 0) is 36.8 Å². The van der Waals surface area contributed by atoms with Crippen molar-refractivity contribution in [1.29, 1.82) is 0 Å². The van der Waals surface area contributed by atoms with Crippen LogP contribution in [0.2, 0.25) is 5.02 Å². The lowest BCUT2D eigenvalue weighted by molar-refractivity contribution is 0.100. The molecule has 1 amide bonds. The number of nitrogens with two attached hydrogens (primary N) is 1. The lowest BCUT2D eigenvalue weighted by Crippen LogP contribution is -2.14. The molecule has 0 saturated carbocycles. The third-order valence-electron chi connectivity index (χ3n) is 3.52. The minimum atomic E-state index is -0.541. The molecule has 24 heavy (non-hydrogen) atoms. The smallest absolute Gasteiger partial charge is 0.250 e. The number of hydrogen-bond acceptors (Lipinski definition) is 5. The molecule has 3 rings (SSSR count). The molecule has 0 aliphatic carbocycles. The number of aromatic nitrogens is 2. The maximum absolute atomic E-state index is 11.5. The van der Waals surface area contributed by atoms with Gasteiger partial charge in [0.05, 0.1) is 12.1 Å². The first kappa shape index (κ1) is 16.0. The van der Waals surface area contributed by atoms with Gasteiger partial charge < -0.3 is 15.5 Å². The van der Waals surface area contributed by atoms with Gasteiger partial charge in [-0.3, -0.25) is 4.79 Å². The number of nitrogens with zero attached hydrogens (tertiary/aromatic N) is 2. The average Bonchev–Trinajstić information content (AvgIpc) is 3.02. The van der Waals surface area contributed by atoms with E-state index < -0.39 is 5.91 Å². The van der Waals surface area contributed by atoms with Gasteiger partial charge >= 0.3 is 0 Å². The van der Waals surface area contributed by atoms with Gasteiger partial charge in [0.2, 0.25) is 11.8 Å². The Hall–Kier alpha value is -2.86. The fourth-order valence-corrected chi connectivity index (χ4v) is 2.47. The number of nitrogens with one attached hydrogen (secondary N) is 1. The number of carbonyl (C=O) groups excluding carboxylic acids is 1. The highest BCUT2D eigenvalue weighted by Crippen LogP contribution is 2.23. The van der Waals surface area contributed by atoms with E-state index in [0.717, 1.165) is 11.1 Å². The number of rotatable bonds is 5. The summed E-state index contributed by atoms with van der Waals surface area (Å²) < 4.78 is 5.67. The molecule has 0 saturated heterocycles. The number of halogens is 1. The molecule has 7 heteroatoms. The predicted molar refractivity (Wildman–Crippen MR) is 91.8 cm³/mol. The summed E-state index contributed by atoms with van der Waals surface area (Å²) in [6.07, 6.45) is 0. The predicted octanol–water partition coefficient (Wildman–Crippen LogP) is 3.41. The minimum absolute atomic E-state index is 0.250. The number of primary amides is 1. The van der Waals surface area contributed by atoms with Crippen molar-refractivity contribution >= 4 is 23.2 Å². The average molecular weight is 343 g/mol. The summed E-state index contributed by atoms with van der Waals surface area (Å²) in [5.41, 5.74) is 8.16. The Kier molecular flexibility index (Phi) is 4.48. The Morgan fingerprint density at radius 3 is 2.79 bits per heavy atom. The zero-order chi connectivity index (χ0) is 17.1. The first-order valence-corrected chi connectivity index (χ1v) is 7.64. The van der Waals surface area contributed by atoms with Crippen LogP contribution in [0.15, 0.2) is 46.9 Å². The maximum Gasteiger partial charge on any atom is 0.250 e. The second-order valence-corrected chi connectivity index (χ2v) is 5.66. The van der Waals surface area contributed by atoms with Crippen LogP contribution in [0, 0.1) is 6.92 Å². The minimum Gasteiger partial charge on any atom is -0.419 e. The molecule has 0 radical (unpaired) electrons. The van der Waals surface area contributed by atoms with E-state index in [2.05, 4.69) is 15.5 Å². The van der Waals surface area contributed by atoms with E-state index >= 15 is 0 Å². The van der Waals surface area contributed by atoms with E-state index in [9.17, 15) is 4.79 Å². The topological polar surface area (TPSA) is 94.0 Å². The Balaban J connectivity index is 1.78. The van der Waals surface area contributed by atoms with Crippen molar-refractivity contribution < 1.29 is 9.21 Å². The number of carbonyl (C=O) groups is 1. The van der Waals surface area contributed by atoms with E-state index in [1.165, 1.54) is 0 Å². The molecule has 0 fully saturated rings. The van der Waals surface area contributed by atoms with Crippen LogP contribution in [-0.2, 0) is 6.54 Å². The van der Waals surface area contributed by atoms with E-state index in [1.54, 1.807) is 18.2 Å². The number of anilines is 1. The van der Waals surface area contributed by atoms with Gasteiger partial charge in [0.15, 0.2) is 0 Å². The summed E-state index contributed by atoms with van der Waals surface area (Å²) in [5.74, 6) is 0.301. The van der Waals surface area contributed by atoms with Gasteiger partial charge in [-0.1, -0.05) is 29.8 Å². The van der Waals surface area contributed by atoms with E-state index in [4.69, 9.17) is 21.8 Å². The summed E-state index contributed by atoms with van der Waals surface area (Å²) in [6.45, 7) is 2.22. The molecule has 122 valence electrons. The normalized spacial score (nSPS) is 10.6. The van der Waals surface area contributed by atoms with Crippen LogP contribution in [0.4, 0.5) is 5.69 Å². The number of aryl methyl sites for hydroxylation is 1. The summed E-state index contributed by atoms with van der Waals surface area (Å²) in [7, 11) is 0. The zero-order valence-corrected chi connectivity index (χ0v) is 13.7. The summed E-state index contributed by atoms with van der Waals surface area (Å²) in [5, 5.41) is 11.6. The summed E-state index contributed by atoms with van der Waals surface area (Å²) >= 11 is 5.96. The first-order chi connectivity index (χ1) is 11.5. The van der Waals surface area contributed by atoms with Crippen molar-refractivity contribution in [3.8, 4) is 11.5 Å². The zero-order valence-electron chi connectivity index (χ0n) is 12.9. The fourth-order valence-electron chi connectivity index (χ4n) is 2.30. The molecular formula is C17H15ClN4O2. The molecule has 1 aromatic heterocycles. The van der Waals surface area contributed by atoms with Crippen LogP contribution in [0.3, 0.4) is 0 Å². The molecule has 0 unspecified atom stereocenters. The first-order valence-electron chi connectivity index (χ1n) is 7.26. The van der Waals surface area contributed by atoms with Crippen molar-refractivity contribution in [1.82, 2.24) is 10.2 Å². The highest BCUT2D eigenvalue weighted by molar-refractivity contribution is 6.31. The SMILES string of the molecule is Cc1ccccc1-c1nnc(CNc2cc(Cl)ccc2C(N)=O)o1. The van der Waals surface area contributed by atoms with Crippen molar-refractivity contribution in [2.24, 2.45) is 5.73 Å². The van der Waals surface area contributed by atoms with Gasteiger partial charge in [0.1, 0.15) is 0 Å². The van der Waals surface area contributed by atoms with Gasteiger partial charge in [0.25, 0.3) is 5.91 Å². The lowest BCUT2D eigenvalue weighted by Gasteiger charge is -2.08. The molecule has 3 N–H and O–H groups in total. The number of amides is 1. The molecule has 3 aromatic rings. The van der Waals surface area contributed by atoms with Crippen LogP contribution in [0.1, 0.15) is 21.8 Å². The number of hydrogen-bond donors (Lipinski definition) is 2. The second kappa shape index (κ2) is 6.72. The Morgan fingerprint density at radius 1 is 1.25 bits per heavy atom. The highest BCUT2D eigenvalue weighted by atomic mass is 35.5. The summed E-state index contributed by atoms with van der Waals surface area (Å²) in [6, 6.07) is 12.6. The lowest BCUT2D eigenvalue weighted by atomic mass is 10.1. The Bertz CT molecular complexity index is 892. The van der Waals surface area contributed by atoms with Crippen LogP contribution in [0.25, 0.3) is 11.5 Å². The maximum atomic E-state index is 11.5. The molecule has 0 spiro atoms. The third-order valence-corrected chi connectivity index (χ3v) is 3.75. The van der Waals surface area contributed by atoms with Crippen LogP contribution < -0.4 is 11.1 Å². The van der Waals surface area contributed by atoms with Gasteiger partial charge in [-0.2, -0.15) is 0 Å². The summed E-state index contributed by atoms with van der Waals surface area (Å²) in [4.78, 5) is 11.5. The Morgan fingerprint density at radius 2 is 2.04 bits per heavy atom. The number of benzene rings is 2. The molecule has 0 atom stereocenters. The van der Waals surface area contributed by atoms with Crippen molar-refractivity contribution in [2.45, 2.75) is 13.5 Å². The third kappa shape index (κ3) is 3.38. The second-order valence-electron chi connectivity index (χ2n) is 5.22. The van der Waals surface area contributed by atoms with E-state index in [1.807, 2.05) is 31.2 Å². The fraction of sp³-hybridized carbons (Fsp3) is 0.118. The quantitative estimate of drug-likeness (QED) is 0.741. The molecule has 0 aliphatic rings. The van der Waals surface area contributed by atoms with Crippen molar-refractivity contribution in [3.63, 3.8) is 0 Å². The molecule has 0 bridgehead atoms. The van der Waals surface area contributed by atoms with Gasteiger partial charge in [-0.25, -0.2) is 0 Å². The highest BCUT2D eigenvalue weighted by Gasteiger charge is 2.12. The van der Waals surface area contributed by atoms with Gasteiger partial charge in [-0.15, -0.1) is 10.2 Å². The van der Waals surface area contributed by atoms with Gasteiger partial charge in [0, 0.05) is 16.3 Å².